The van der Waals surface area contributed by atoms with E-state index in [1.807, 2.05) is 25.7 Å². The fraction of sp³-hybridized carbons (Fsp3) is 0.875. The predicted molar refractivity (Wildman–Crippen MR) is 58.6 cm³/mol. The summed E-state index contributed by atoms with van der Waals surface area (Å²) in [6.07, 6.45) is 1.30. The maximum atomic E-state index is 6.01. The summed E-state index contributed by atoms with van der Waals surface area (Å²) in [4.78, 5) is 7.70. The van der Waals surface area contributed by atoms with Crippen molar-refractivity contribution in [3.8, 4) is 0 Å². The highest BCUT2D eigenvalue weighted by Gasteiger charge is 2.38. The van der Waals surface area contributed by atoms with Crippen molar-refractivity contribution in [2.45, 2.75) is 38.3 Å². The zero-order chi connectivity index (χ0) is 10.9. The molecule has 0 saturated carbocycles. The van der Waals surface area contributed by atoms with Crippen molar-refractivity contribution < 1.29 is 0 Å². The van der Waals surface area contributed by atoms with Gasteiger partial charge in [0.25, 0.3) is 0 Å². The SMILES string of the molecule is CCN1C(N)N(C(C)C)C=NC1(N)Cl. The van der Waals surface area contributed by atoms with Crippen LogP contribution < -0.4 is 11.5 Å². The average Bonchev–Trinajstić information content (AvgIpc) is 2.02. The van der Waals surface area contributed by atoms with Gasteiger partial charge in [-0.2, -0.15) is 0 Å². The van der Waals surface area contributed by atoms with Crippen molar-refractivity contribution in [1.29, 1.82) is 0 Å². The second-order valence-electron chi connectivity index (χ2n) is 3.62. The Balaban J connectivity index is 2.91. The molecule has 2 atom stereocenters. The molecule has 0 fully saturated rings. The van der Waals surface area contributed by atoms with Gasteiger partial charge in [-0.15, -0.1) is 0 Å². The Morgan fingerprint density at radius 2 is 2.21 bits per heavy atom. The molecular weight excluding hydrogens is 202 g/mol. The molecule has 0 spiro atoms. The molecule has 0 aliphatic carbocycles. The van der Waals surface area contributed by atoms with Crippen molar-refractivity contribution >= 4 is 17.9 Å². The fourth-order valence-electron chi connectivity index (χ4n) is 1.48. The number of rotatable bonds is 2. The number of alkyl halides is 1. The zero-order valence-electron chi connectivity index (χ0n) is 8.81. The van der Waals surface area contributed by atoms with Crippen molar-refractivity contribution in [1.82, 2.24) is 9.80 Å². The highest BCUT2D eigenvalue weighted by atomic mass is 35.5. The summed E-state index contributed by atoms with van der Waals surface area (Å²) in [6.45, 7) is 6.68. The minimum absolute atomic E-state index is 0.274. The molecule has 0 saturated heterocycles. The van der Waals surface area contributed by atoms with E-state index < -0.39 is 5.25 Å². The lowest BCUT2D eigenvalue weighted by molar-refractivity contribution is 0.0182. The van der Waals surface area contributed by atoms with Crippen molar-refractivity contribution in [2.75, 3.05) is 6.54 Å². The van der Waals surface area contributed by atoms with Crippen LogP contribution in [0.5, 0.6) is 0 Å². The van der Waals surface area contributed by atoms with E-state index in [1.165, 1.54) is 0 Å². The van der Waals surface area contributed by atoms with Gasteiger partial charge in [0.2, 0.25) is 5.25 Å². The van der Waals surface area contributed by atoms with E-state index in [-0.39, 0.29) is 12.3 Å². The van der Waals surface area contributed by atoms with Crippen molar-refractivity contribution in [2.24, 2.45) is 16.5 Å². The molecule has 0 aromatic rings. The highest BCUT2D eigenvalue weighted by molar-refractivity contribution is 6.23. The van der Waals surface area contributed by atoms with Crippen LogP contribution in [0.1, 0.15) is 20.8 Å². The van der Waals surface area contributed by atoms with E-state index in [4.69, 9.17) is 23.1 Å². The second-order valence-corrected chi connectivity index (χ2v) is 4.18. The number of nitrogens with two attached hydrogens (primary N) is 2. The molecule has 0 aromatic heterocycles. The molecule has 82 valence electrons. The van der Waals surface area contributed by atoms with Crippen LogP contribution in [0.4, 0.5) is 0 Å². The van der Waals surface area contributed by atoms with Gasteiger partial charge in [0.05, 0.1) is 6.34 Å². The van der Waals surface area contributed by atoms with Gasteiger partial charge in [-0.3, -0.25) is 11.5 Å². The molecule has 1 aliphatic rings. The first-order chi connectivity index (χ1) is 6.40. The molecule has 0 radical (unpaired) electrons. The van der Waals surface area contributed by atoms with Gasteiger partial charge in [-0.05, 0) is 13.8 Å². The molecule has 1 rings (SSSR count). The molecule has 5 nitrogen and oxygen atoms in total. The lowest BCUT2D eigenvalue weighted by Gasteiger charge is -2.46. The molecule has 14 heavy (non-hydrogen) atoms. The first-order valence-corrected chi connectivity index (χ1v) is 5.11. The maximum absolute atomic E-state index is 6.01. The van der Waals surface area contributed by atoms with Crippen molar-refractivity contribution in [3.05, 3.63) is 0 Å². The first-order valence-electron chi connectivity index (χ1n) is 4.73. The second kappa shape index (κ2) is 4.02. The van der Waals surface area contributed by atoms with Crippen LogP contribution in [0.2, 0.25) is 0 Å². The predicted octanol–water partition coefficient (Wildman–Crippen LogP) is 0.112. The molecule has 2 unspecified atom stereocenters. The van der Waals surface area contributed by atoms with Gasteiger partial charge >= 0.3 is 0 Å². The molecule has 1 aliphatic heterocycles. The van der Waals surface area contributed by atoms with Gasteiger partial charge in [0, 0.05) is 12.6 Å². The Morgan fingerprint density at radius 1 is 1.64 bits per heavy atom. The third-order valence-corrected chi connectivity index (χ3v) is 2.65. The van der Waals surface area contributed by atoms with Gasteiger partial charge in [-0.25, -0.2) is 9.89 Å². The van der Waals surface area contributed by atoms with Gasteiger partial charge < -0.3 is 4.90 Å². The standard InChI is InChI=1S/C8H18ClN5/c1-4-14-7(10)13(6(2)3)5-12-8(14,9)11/h5-7H,4,10-11H2,1-3H3. The third kappa shape index (κ3) is 2.00. The van der Waals surface area contributed by atoms with Gasteiger partial charge in [-0.1, -0.05) is 18.5 Å². The van der Waals surface area contributed by atoms with E-state index in [2.05, 4.69) is 4.99 Å². The Kier molecular flexibility index (Phi) is 3.36. The Bertz CT molecular complexity index is 228. The lowest BCUT2D eigenvalue weighted by atomic mass is 10.3. The molecule has 6 heteroatoms. The van der Waals surface area contributed by atoms with Crippen LogP contribution in [0.15, 0.2) is 4.99 Å². The summed E-state index contributed by atoms with van der Waals surface area (Å²) in [6, 6.07) is 0.274. The summed E-state index contributed by atoms with van der Waals surface area (Å²) in [5, 5.41) is -1.21. The molecule has 0 bridgehead atoms. The first kappa shape index (κ1) is 11.7. The van der Waals surface area contributed by atoms with Crippen LogP contribution in [0, 0.1) is 0 Å². The van der Waals surface area contributed by atoms with Gasteiger partial charge in [0.15, 0.2) is 0 Å². The largest absolute Gasteiger partial charge is 0.332 e. The van der Waals surface area contributed by atoms with E-state index in [0.29, 0.717) is 6.54 Å². The fourth-order valence-corrected chi connectivity index (χ4v) is 1.75. The van der Waals surface area contributed by atoms with Crippen LogP contribution in [0.3, 0.4) is 0 Å². The maximum Gasteiger partial charge on any atom is 0.247 e. The summed E-state index contributed by atoms with van der Waals surface area (Å²) in [5.74, 6) is 0. The van der Waals surface area contributed by atoms with E-state index in [1.54, 1.807) is 11.2 Å². The van der Waals surface area contributed by atoms with E-state index in [9.17, 15) is 0 Å². The smallest absolute Gasteiger partial charge is 0.247 e. The number of halogens is 1. The number of aliphatic imine (C=N–C) groups is 1. The van der Waals surface area contributed by atoms with E-state index in [0.717, 1.165) is 0 Å². The minimum Gasteiger partial charge on any atom is -0.332 e. The number of hydrogen-bond donors (Lipinski definition) is 2. The monoisotopic (exact) mass is 219 g/mol. The summed E-state index contributed by atoms with van der Waals surface area (Å²) in [5.41, 5.74) is 11.8. The average molecular weight is 220 g/mol. The lowest BCUT2D eigenvalue weighted by Crippen LogP contribution is -2.67. The number of nitrogens with zero attached hydrogens (tertiary/aromatic N) is 3. The Hall–Kier alpha value is -0.360. The summed E-state index contributed by atoms with van der Waals surface area (Å²) < 4.78 is 0. The Labute approximate surface area is 89.7 Å². The van der Waals surface area contributed by atoms with Crippen LogP contribution in [-0.4, -0.2) is 40.3 Å². The summed E-state index contributed by atoms with van der Waals surface area (Å²) >= 11 is 6.00. The van der Waals surface area contributed by atoms with Crippen molar-refractivity contribution in [3.63, 3.8) is 0 Å². The molecular formula is C8H18ClN5. The van der Waals surface area contributed by atoms with Gasteiger partial charge in [0.1, 0.15) is 6.29 Å². The normalized spacial score (nSPS) is 34.2. The zero-order valence-corrected chi connectivity index (χ0v) is 9.57. The van der Waals surface area contributed by atoms with Crippen LogP contribution in [0.25, 0.3) is 0 Å². The highest BCUT2D eigenvalue weighted by Crippen LogP contribution is 2.23. The van der Waals surface area contributed by atoms with Crippen LogP contribution >= 0.6 is 11.6 Å². The molecule has 1 heterocycles. The minimum atomic E-state index is -1.21. The molecule has 4 N–H and O–H groups in total. The van der Waals surface area contributed by atoms with E-state index >= 15 is 0 Å². The summed E-state index contributed by atoms with van der Waals surface area (Å²) in [7, 11) is 0. The number of hydrogen-bond acceptors (Lipinski definition) is 5. The Morgan fingerprint density at radius 3 is 2.64 bits per heavy atom. The molecule has 0 aromatic carbocycles. The molecule has 0 amide bonds. The quantitative estimate of drug-likeness (QED) is 0.511. The van der Waals surface area contributed by atoms with Crippen LogP contribution in [-0.2, 0) is 0 Å². The topological polar surface area (TPSA) is 70.9 Å². The third-order valence-electron chi connectivity index (χ3n) is 2.34.